The van der Waals surface area contributed by atoms with Gasteiger partial charge in [0.25, 0.3) is 6.33 Å². The molecule has 0 spiro atoms. The van der Waals surface area contributed by atoms with Crippen LogP contribution in [0.5, 0.6) is 0 Å². The van der Waals surface area contributed by atoms with Crippen LogP contribution in [0.4, 0.5) is 0 Å². The number of aromatic amines is 1. The SMILES string of the molecule is [Cl-].c1nc[nH+]cn1. The molecule has 0 unspecified atom stereocenters. The van der Waals surface area contributed by atoms with Gasteiger partial charge in [-0.25, -0.2) is 0 Å². The van der Waals surface area contributed by atoms with Crippen molar-refractivity contribution in [3.05, 3.63) is 19.0 Å². The monoisotopic (exact) mass is 117 g/mol. The molecule has 0 bridgehead atoms. The van der Waals surface area contributed by atoms with Gasteiger partial charge in [0, 0.05) is 0 Å². The fourth-order valence-electron chi connectivity index (χ4n) is 0.225. The van der Waals surface area contributed by atoms with Crippen molar-refractivity contribution in [1.29, 1.82) is 0 Å². The number of hydrogen-bond donors (Lipinski definition) is 0. The first kappa shape index (κ1) is 6.30. The molecule has 1 heterocycles. The van der Waals surface area contributed by atoms with Gasteiger partial charge in [0.1, 0.15) is 0 Å². The van der Waals surface area contributed by atoms with Crippen molar-refractivity contribution in [3.8, 4) is 0 Å². The Hall–Kier alpha value is -0.700. The summed E-state index contributed by atoms with van der Waals surface area (Å²) in [7, 11) is 0. The van der Waals surface area contributed by atoms with Gasteiger partial charge in [-0.15, -0.1) is 0 Å². The molecular weight excluding hydrogens is 114 g/mol. The number of halogens is 1. The highest BCUT2D eigenvalue weighted by atomic mass is 35.5. The van der Waals surface area contributed by atoms with Gasteiger partial charge in [-0.1, -0.05) is 9.97 Å². The highest BCUT2D eigenvalue weighted by molar-refractivity contribution is 4.39. The second-order valence-electron chi connectivity index (χ2n) is 0.838. The van der Waals surface area contributed by atoms with Gasteiger partial charge in [-0.2, -0.15) is 0 Å². The molecule has 7 heavy (non-hydrogen) atoms. The summed E-state index contributed by atoms with van der Waals surface area (Å²) in [6.45, 7) is 0. The lowest BCUT2D eigenvalue weighted by molar-refractivity contribution is -0.387. The molecule has 0 aliphatic heterocycles. The topological polar surface area (TPSA) is 39.9 Å². The van der Waals surface area contributed by atoms with E-state index in [0.717, 1.165) is 0 Å². The first-order valence-electron chi connectivity index (χ1n) is 1.61. The molecule has 0 saturated heterocycles. The van der Waals surface area contributed by atoms with Gasteiger partial charge < -0.3 is 12.4 Å². The lowest BCUT2D eigenvalue weighted by Crippen LogP contribution is -3.00. The molecule has 1 N–H and O–H groups in total. The van der Waals surface area contributed by atoms with E-state index in [2.05, 4.69) is 15.0 Å². The van der Waals surface area contributed by atoms with Crippen LogP contribution in [0.15, 0.2) is 19.0 Å². The van der Waals surface area contributed by atoms with Gasteiger partial charge >= 0.3 is 0 Å². The van der Waals surface area contributed by atoms with E-state index >= 15 is 0 Å². The molecule has 0 aliphatic carbocycles. The number of nitrogens with zero attached hydrogens (tertiary/aromatic N) is 2. The molecule has 1 aromatic rings. The maximum Gasteiger partial charge on any atom is 0.263 e. The zero-order chi connectivity index (χ0) is 4.24. The highest BCUT2D eigenvalue weighted by Gasteiger charge is 1.70. The van der Waals surface area contributed by atoms with Crippen LogP contribution in [0.2, 0.25) is 0 Å². The minimum atomic E-state index is 0. The van der Waals surface area contributed by atoms with Gasteiger partial charge in [0.05, 0.1) is 0 Å². The average Bonchev–Trinajstić information content (AvgIpc) is 1.72. The lowest BCUT2D eigenvalue weighted by Gasteiger charge is -1.60. The van der Waals surface area contributed by atoms with E-state index in [1.807, 2.05) is 0 Å². The zero-order valence-corrected chi connectivity index (χ0v) is 4.26. The molecule has 0 saturated carbocycles. The molecule has 4 heteroatoms. The summed E-state index contributed by atoms with van der Waals surface area (Å²) >= 11 is 0. The lowest BCUT2D eigenvalue weighted by atomic mass is 11.1. The Morgan fingerprint density at radius 1 is 1.14 bits per heavy atom. The number of aromatic nitrogens is 3. The number of nitrogens with one attached hydrogen (secondary N) is 1. The first-order valence-corrected chi connectivity index (χ1v) is 1.61. The molecule has 0 radical (unpaired) electrons. The molecule has 38 valence electrons. The molecule has 1 aromatic heterocycles. The maximum atomic E-state index is 3.62. The zero-order valence-electron chi connectivity index (χ0n) is 3.50. The fourth-order valence-corrected chi connectivity index (χ4v) is 0.225. The number of hydrogen-bond acceptors (Lipinski definition) is 2. The standard InChI is InChI=1S/C3H3N3.ClH/c1-4-2-6-3-5-1;/h1-3H;1H. The summed E-state index contributed by atoms with van der Waals surface area (Å²) in [6.07, 6.45) is 4.59. The third-order valence-electron chi connectivity index (χ3n) is 0.431. The quantitative estimate of drug-likeness (QED) is 0.351. The van der Waals surface area contributed by atoms with Crippen molar-refractivity contribution in [2.75, 3.05) is 0 Å². The fraction of sp³-hybridized carbons (Fsp3) is 0. The van der Waals surface area contributed by atoms with E-state index in [1.54, 1.807) is 12.7 Å². The highest BCUT2D eigenvalue weighted by Crippen LogP contribution is 1.49. The molecular formula is C3H4ClN3. The normalized spacial score (nSPS) is 6.86. The van der Waals surface area contributed by atoms with Crippen LogP contribution < -0.4 is 17.4 Å². The molecule has 1 rings (SSSR count). The summed E-state index contributed by atoms with van der Waals surface area (Å²) in [5.74, 6) is 0. The summed E-state index contributed by atoms with van der Waals surface area (Å²) < 4.78 is 0. The van der Waals surface area contributed by atoms with Gasteiger partial charge in [0.15, 0.2) is 0 Å². The van der Waals surface area contributed by atoms with Crippen LogP contribution in [0.3, 0.4) is 0 Å². The molecule has 0 aromatic carbocycles. The first-order chi connectivity index (χ1) is 3.00. The Bertz CT molecular complexity index is 82.1. The maximum absolute atomic E-state index is 3.62. The summed E-state index contributed by atoms with van der Waals surface area (Å²) in [5.41, 5.74) is 0. The summed E-state index contributed by atoms with van der Waals surface area (Å²) in [5, 5.41) is 0. The Labute approximate surface area is 47.2 Å². The Morgan fingerprint density at radius 3 is 1.86 bits per heavy atom. The average molecular weight is 118 g/mol. The number of rotatable bonds is 0. The summed E-state index contributed by atoms with van der Waals surface area (Å²) in [4.78, 5) is 9.91. The van der Waals surface area contributed by atoms with Crippen LogP contribution >= 0.6 is 0 Å². The van der Waals surface area contributed by atoms with Crippen LogP contribution in [-0.4, -0.2) is 9.97 Å². The molecule has 3 nitrogen and oxygen atoms in total. The van der Waals surface area contributed by atoms with E-state index in [9.17, 15) is 0 Å². The minimum Gasteiger partial charge on any atom is -1.00 e. The summed E-state index contributed by atoms with van der Waals surface area (Å²) in [6, 6.07) is 0. The van der Waals surface area contributed by atoms with Crippen LogP contribution in [0.1, 0.15) is 0 Å². The van der Waals surface area contributed by atoms with Crippen molar-refractivity contribution < 1.29 is 17.4 Å². The van der Waals surface area contributed by atoms with Gasteiger partial charge in [-0.3, -0.25) is 4.98 Å². The third kappa shape index (κ3) is 2.05. The minimum absolute atomic E-state index is 0. The predicted octanol–water partition coefficient (Wildman–Crippen LogP) is -3.71. The van der Waals surface area contributed by atoms with Crippen molar-refractivity contribution in [3.63, 3.8) is 0 Å². The molecule has 0 fully saturated rings. The number of H-pyrrole nitrogens is 1. The van der Waals surface area contributed by atoms with Crippen LogP contribution in [0, 0.1) is 0 Å². The van der Waals surface area contributed by atoms with Crippen molar-refractivity contribution in [2.45, 2.75) is 0 Å². The second-order valence-corrected chi connectivity index (χ2v) is 0.838. The smallest absolute Gasteiger partial charge is 0.263 e. The predicted molar refractivity (Wildman–Crippen MR) is 18.6 cm³/mol. The van der Waals surface area contributed by atoms with E-state index in [1.165, 1.54) is 6.33 Å². The second kappa shape index (κ2) is 3.49. The van der Waals surface area contributed by atoms with E-state index in [4.69, 9.17) is 0 Å². The third-order valence-corrected chi connectivity index (χ3v) is 0.431. The molecule has 0 atom stereocenters. The van der Waals surface area contributed by atoms with Crippen molar-refractivity contribution >= 4 is 0 Å². The molecule has 0 amide bonds. The van der Waals surface area contributed by atoms with Gasteiger partial charge in [0.2, 0.25) is 12.7 Å². The molecule has 0 aliphatic rings. The Balaban J connectivity index is 0.000000360. The van der Waals surface area contributed by atoms with E-state index < -0.39 is 0 Å². The largest absolute Gasteiger partial charge is 1.00 e. The Kier molecular flexibility index (Phi) is 3.14. The van der Waals surface area contributed by atoms with Crippen LogP contribution in [-0.2, 0) is 0 Å². The van der Waals surface area contributed by atoms with Crippen molar-refractivity contribution in [2.24, 2.45) is 0 Å². The Morgan fingerprint density at radius 2 is 1.71 bits per heavy atom. The van der Waals surface area contributed by atoms with Crippen LogP contribution in [0.25, 0.3) is 0 Å². The van der Waals surface area contributed by atoms with E-state index in [-0.39, 0.29) is 12.4 Å². The van der Waals surface area contributed by atoms with E-state index in [0.29, 0.717) is 0 Å². The van der Waals surface area contributed by atoms with Gasteiger partial charge in [-0.05, 0) is 0 Å². The van der Waals surface area contributed by atoms with Crippen molar-refractivity contribution in [1.82, 2.24) is 9.97 Å².